The molecule has 0 bridgehead atoms. The molecule has 0 aliphatic heterocycles. The molecular weight excluding hydrogens is 324 g/mol. The van der Waals surface area contributed by atoms with E-state index in [2.05, 4.69) is 22.4 Å². The van der Waals surface area contributed by atoms with Crippen molar-refractivity contribution in [2.24, 2.45) is 0 Å². The van der Waals surface area contributed by atoms with Crippen LogP contribution in [0, 0.1) is 0 Å². The maximum atomic E-state index is 12.3. The van der Waals surface area contributed by atoms with E-state index in [-0.39, 0.29) is 12.5 Å². The molecule has 0 aliphatic carbocycles. The predicted molar refractivity (Wildman–Crippen MR) is 105 cm³/mol. The Morgan fingerprint density at radius 1 is 1.08 bits per heavy atom. The highest BCUT2D eigenvalue weighted by Crippen LogP contribution is 2.32. The van der Waals surface area contributed by atoms with Crippen molar-refractivity contribution in [2.75, 3.05) is 13.2 Å². The lowest BCUT2D eigenvalue weighted by atomic mass is 9.93. The molecule has 4 heteroatoms. The van der Waals surface area contributed by atoms with Crippen molar-refractivity contribution in [3.63, 3.8) is 0 Å². The van der Waals surface area contributed by atoms with Gasteiger partial charge in [-0.05, 0) is 35.1 Å². The SMILES string of the molecule is CCCNC(=O)Cc1cnc2c(CCO)cccc2c1-c1ccccc1. The van der Waals surface area contributed by atoms with Gasteiger partial charge in [-0.3, -0.25) is 9.78 Å². The number of hydrogen-bond donors (Lipinski definition) is 2. The molecule has 3 aromatic rings. The van der Waals surface area contributed by atoms with Crippen molar-refractivity contribution < 1.29 is 9.90 Å². The van der Waals surface area contributed by atoms with E-state index >= 15 is 0 Å². The summed E-state index contributed by atoms with van der Waals surface area (Å²) >= 11 is 0. The number of amides is 1. The van der Waals surface area contributed by atoms with Crippen molar-refractivity contribution >= 4 is 16.8 Å². The Hall–Kier alpha value is -2.72. The first-order valence-corrected chi connectivity index (χ1v) is 9.07. The molecule has 4 nitrogen and oxygen atoms in total. The maximum absolute atomic E-state index is 12.3. The Morgan fingerprint density at radius 2 is 1.88 bits per heavy atom. The van der Waals surface area contributed by atoms with E-state index in [0.717, 1.165) is 39.6 Å². The van der Waals surface area contributed by atoms with Crippen LogP contribution in [-0.2, 0) is 17.6 Å². The zero-order valence-electron chi connectivity index (χ0n) is 15.0. The normalized spacial score (nSPS) is 10.8. The van der Waals surface area contributed by atoms with E-state index in [9.17, 15) is 9.90 Å². The van der Waals surface area contributed by atoms with Crippen LogP contribution >= 0.6 is 0 Å². The lowest BCUT2D eigenvalue weighted by molar-refractivity contribution is -0.120. The Morgan fingerprint density at radius 3 is 2.62 bits per heavy atom. The summed E-state index contributed by atoms with van der Waals surface area (Å²) in [6, 6.07) is 16.1. The second-order valence-electron chi connectivity index (χ2n) is 6.34. The van der Waals surface area contributed by atoms with E-state index in [1.165, 1.54) is 0 Å². The summed E-state index contributed by atoms with van der Waals surface area (Å²) < 4.78 is 0. The molecule has 0 aliphatic rings. The van der Waals surface area contributed by atoms with Gasteiger partial charge in [-0.25, -0.2) is 0 Å². The summed E-state index contributed by atoms with van der Waals surface area (Å²) in [6.07, 6.45) is 3.58. The Kier molecular flexibility index (Phi) is 5.97. The third kappa shape index (κ3) is 3.92. The van der Waals surface area contributed by atoms with Gasteiger partial charge in [0, 0.05) is 24.7 Å². The predicted octanol–water partition coefficient (Wildman–Crippen LogP) is 3.51. The van der Waals surface area contributed by atoms with Crippen molar-refractivity contribution in [2.45, 2.75) is 26.2 Å². The maximum Gasteiger partial charge on any atom is 0.224 e. The zero-order chi connectivity index (χ0) is 18.4. The van der Waals surface area contributed by atoms with Crippen LogP contribution in [0.15, 0.2) is 54.7 Å². The first kappa shape index (κ1) is 18.1. The van der Waals surface area contributed by atoms with Crippen LogP contribution in [0.4, 0.5) is 0 Å². The fourth-order valence-electron chi connectivity index (χ4n) is 3.23. The topological polar surface area (TPSA) is 62.2 Å². The van der Waals surface area contributed by atoms with Crippen LogP contribution in [0.3, 0.4) is 0 Å². The van der Waals surface area contributed by atoms with Gasteiger partial charge in [0.2, 0.25) is 5.91 Å². The van der Waals surface area contributed by atoms with Gasteiger partial charge in [0.05, 0.1) is 11.9 Å². The summed E-state index contributed by atoms with van der Waals surface area (Å²) in [5.74, 6) is 0.0108. The first-order chi connectivity index (χ1) is 12.7. The third-order valence-corrected chi connectivity index (χ3v) is 4.43. The average molecular weight is 348 g/mol. The van der Waals surface area contributed by atoms with Gasteiger partial charge < -0.3 is 10.4 Å². The number of para-hydroxylation sites is 1. The number of aliphatic hydroxyl groups excluding tert-OH is 1. The summed E-state index contributed by atoms with van der Waals surface area (Å²) in [5.41, 5.74) is 4.93. The fourth-order valence-corrected chi connectivity index (χ4v) is 3.23. The molecule has 1 amide bonds. The summed E-state index contributed by atoms with van der Waals surface area (Å²) in [5, 5.41) is 13.3. The van der Waals surface area contributed by atoms with Crippen LogP contribution in [0.25, 0.3) is 22.0 Å². The number of carbonyl (C=O) groups excluding carboxylic acids is 1. The number of hydrogen-bond acceptors (Lipinski definition) is 3. The highest BCUT2D eigenvalue weighted by atomic mass is 16.3. The minimum absolute atomic E-state index is 0.0108. The molecule has 0 atom stereocenters. The minimum atomic E-state index is 0.0108. The molecule has 0 radical (unpaired) electrons. The van der Waals surface area contributed by atoms with Gasteiger partial charge in [-0.2, -0.15) is 0 Å². The van der Waals surface area contributed by atoms with Gasteiger partial charge >= 0.3 is 0 Å². The molecule has 1 aromatic heterocycles. The number of pyridine rings is 1. The lowest BCUT2D eigenvalue weighted by Crippen LogP contribution is -2.26. The molecule has 2 aromatic carbocycles. The number of carbonyl (C=O) groups is 1. The molecule has 134 valence electrons. The van der Waals surface area contributed by atoms with Crippen molar-refractivity contribution in [1.82, 2.24) is 10.3 Å². The van der Waals surface area contributed by atoms with Crippen molar-refractivity contribution in [3.8, 4) is 11.1 Å². The van der Waals surface area contributed by atoms with E-state index < -0.39 is 0 Å². The summed E-state index contributed by atoms with van der Waals surface area (Å²) in [6.45, 7) is 2.81. The van der Waals surface area contributed by atoms with E-state index in [0.29, 0.717) is 19.4 Å². The largest absolute Gasteiger partial charge is 0.396 e. The number of nitrogens with one attached hydrogen (secondary N) is 1. The molecule has 26 heavy (non-hydrogen) atoms. The smallest absolute Gasteiger partial charge is 0.224 e. The van der Waals surface area contributed by atoms with Gasteiger partial charge in [0.25, 0.3) is 0 Å². The fraction of sp³-hybridized carbons (Fsp3) is 0.273. The highest BCUT2D eigenvalue weighted by Gasteiger charge is 2.15. The first-order valence-electron chi connectivity index (χ1n) is 9.07. The van der Waals surface area contributed by atoms with Gasteiger partial charge in [0.1, 0.15) is 0 Å². The van der Waals surface area contributed by atoms with Crippen LogP contribution in [0.1, 0.15) is 24.5 Å². The molecule has 1 heterocycles. The monoisotopic (exact) mass is 348 g/mol. The number of aromatic nitrogens is 1. The van der Waals surface area contributed by atoms with Crippen LogP contribution in [0.5, 0.6) is 0 Å². The second-order valence-corrected chi connectivity index (χ2v) is 6.34. The molecule has 0 saturated heterocycles. The van der Waals surface area contributed by atoms with E-state index in [4.69, 9.17) is 0 Å². The zero-order valence-corrected chi connectivity index (χ0v) is 15.0. The molecule has 0 saturated carbocycles. The molecule has 0 unspecified atom stereocenters. The number of fused-ring (bicyclic) bond motifs is 1. The van der Waals surface area contributed by atoms with Crippen LogP contribution < -0.4 is 5.32 Å². The summed E-state index contributed by atoms with van der Waals surface area (Å²) in [4.78, 5) is 16.9. The number of rotatable bonds is 7. The minimum Gasteiger partial charge on any atom is -0.396 e. The van der Waals surface area contributed by atoms with Crippen LogP contribution in [0.2, 0.25) is 0 Å². The number of benzene rings is 2. The summed E-state index contributed by atoms with van der Waals surface area (Å²) in [7, 11) is 0. The second kappa shape index (κ2) is 8.59. The lowest BCUT2D eigenvalue weighted by Gasteiger charge is -2.15. The standard InChI is InChI=1S/C22H24N2O2/c1-2-12-23-20(26)14-18-15-24-22-17(11-13-25)9-6-10-19(22)21(18)16-7-4-3-5-8-16/h3-10,15,25H,2,11-14H2,1H3,(H,23,26). The quantitative estimate of drug-likeness (QED) is 0.687. The number of nitrogens with zero attached hydrogens (tertiary/aromatic N) is 1. The molecule has 2 N–H and O–H groups in total. The third-order valence-electron chi connectivity index (χ3n) is 4.43. The van der Waals surface area contributed by atoms with Gasteiger partial charge in [0.15, 0.2) is 0 Å². The molecular formula is C22H24N2O2. The van der Waals surface area contributed by atoms with Crippen molar-refractivity contribution in [1.29, 1.82) is 0 Å². The molecule has 0 spiro atoms. The average Bonchev–Trinajstić information content (AvgIpc) is 2.67. The number of aliphatic hydroxyl groups is 1. The molecule has 3 rings (SSSR count). The Balaban J connectivity index is 2.14. The Labute approximate surface area is 153 Å². The van der Waals surface area contributed by atoms with Gasteiger partial charge in [-0.15, -0.1) is 0 Å². The van der Waals surface area contributed by atoms with Crippen molar-refractivity contribution in [3.05, 3.63) is 65.9 Å². The van der Waals surface area contributed by atoms with E-state index in [1.54, 1.807) is 6.20 Å². The highest BCUT2D eigenvalue weighted by molar-refractivity contribution is 5.98. The van der Waals surface area contributed by atoms with Crippen LogP contribution in [-0.4, -0.2) is 29.1 Å². The van der Waals surface area contributed by atoms with Gasteiger partial charge in [-0.1, -0.05) is 55.5 Å². The molecule has 0 fully saturated rings. The van der Waals surface area contributed by atoms with E-state index in [1.807, 2.05) is 43.3 Å². The Bertz CT molecular complexity index is 891.